The molecule has 0 saturated carbocycles. The molecule has 0 amide bonds. The molecule has 1 unspecified atom stereocenters. The maximum absolute atomic E-state index is 10.8. The largest absolute Gasteiger partial charge is 0.478 e. The number of hydrogen-bond acceptors (Lipinski definition) is 4. The molecule has 0 aromatic heterocycles. The van der Waals surface area contributed by atoms with Crippen LogP contribution < -0.4 is 0 Å². The minimum absolute atomic E-state index is 0.218. The van der Waals surface area contributed by atoms with E-state index in [-0.39, 0.29) is 12.0 Å². The predicted octanol–water partition coefficient (Wildman–Crippen LogP) is -0.283. The lowest BCUT2D eigenvalue weighted by Gasteiger charge is -2.01. The Morgan fingerprint density at radius 1 is 1.58 bits per heavy atom. The van der Waals surface area contributed by atoms with Crippen molar-refractivity contribution >= 4 is 17.9 Å². The Hall–Kier alpha value is -1.65. The van der Waals surface area contributed by atoms with E-state index in [0.29, 0.717) is 0 Å². The van der Waals surface area contributed by atoms with Crippen molar-refractivity contribution in [1.82, 2.24) is 0 Å². The Balaban J connectivity index is 2.77. The van der Waals surface area contributed by atoms with Gasteiger partial charge in [0.1, 0.15) is 0 Å². The molecule has 0 aromatic carbocycles. The van der Waals surface area contributed by atoms with Gasteiger partial charge in [-0.1, -0.05) is 6.58 Å². The summed E-state index contributed by atoms with van der Waals surface area (Å²) >= 11 is 0. The summed E-state index contributed by atoms with van der Waals surface area (Å²) in [5.74, 6) is -3.82. The molecule has 1 aliphatic heterocycles. The first-order valence-electron chi connectivity index (χ1n) is 3.19. The van der Waals surface area contributed by atoms with Gasteiger partial charge in [0.25, 0.3) is 0 Å². The van der Waals surface area contributed by atoms with E-state index in [2.05, 4.69) is 11.3 Å². The number of aliphatic carboxylic acids is 1. The molecule has 0 radical (unpaired) electrons. The molecule has 5 nitrogen and oxygen atoms in total. The third-order valence-electron chi connectivity index (χ3n) is 1.57. The van der Waals surface area contributed by atoms with Gasteiger partial charge in [-0.05, 0) is 0 Å². The predicted molar refractivity (Wildman–Crippen MR) is 36.0 cm³/mol. The van der Waals surface area contributed by atoms with Crippen LogP contribution in [-0.4, -0.2) is 23.0 Å². The van der Waals surface area contributed by atoms with Gasteiger partial charge in [-0.3, -0.25) is 9.59 Å². The lowest BCUT2D eigenvalue weighted by atomic mass is 9.99. The molecule has 1 heterocycles. The van der Waals surface area contributed by atoms with E-state index in [1.165, 1.54) is 0 Å². The zero-order chi connectivity index (χ0) is 9.30. The van der Waals surface area contributed by atoms with Crippen molar-refractivity contribution in [3.63, 3.8) is 0 Å². The minimum Gasteiger partial charge on any atom is -0.478 e. The highest BCUT2D eigenvalue weighted by molar-refractivity contribution is 6.02. The Labute approximate surface area is 67.6 Å². The molecule has 1 N–H and O–H groups in total. The number of ether oxygens (including phenoxy) is 1. The SMILES string of the molecule is C=C(C(=O)O)C1CC(=O)OC1=O. The van der Waals surface area contributed by atoms with Gasteiger partial charge >= 0.3 is 17.9 Å². The third kappa shape index (κ3) is 1.34. The van der Waals surface area contributed by atoms with Gasteiger partial charge < -0.3 is 9.84 Å². The van der Waals surface area contributed by atoms with Crippen LogP contribution in [0.15, 0.2) is 12.2 Å². The minimum atomic E-state index is -1.29. The van der Waals surface area contributed by atoms with E-state index in [1.807, 2.05) is 0 Å². The van der Waals surface area contributed by atoms with Crippen molar-refractivity contribution in [2.75, 3.05) is 0 Å². The Kier molecular flexibility index (Phi) is 1.95. The van der Waals surface area contributed by atoms with Gasteiger partial charge in [0.05, 0.1) is 12.3 Å². The van der Waals surface area contributed by atoms with Crippen molar-refractivity contribution in [3.8, 4) is 0 Å². The van der Waals surface area contributed by atoms with Crippen LogP contribution in [0, 0.1) is 5.92 Å². The summed E-state index contributed by atoms with van der Waals surface area (Å²) < 4.78 is 4.14. The normalized spacial score (nSPS) is 22.2. The average Bonchev–Trinajstić information content (AvgIpc) is 2.28. The summed E-state index contributed by atoms with van der Waals surface area (Å²) in [5, 5.41) is 8.43. The number of rotatable bonds is 2. The smallest absolute Gasteiger partial charge is 0.331 e. The van der Waals surface area contributed by atoms with E-state index in [4.69, 9.17) is 5.11 Å². The summed E-state index contributed by atoms with van der Waals surface area (Å²) in [5.41, 5.74) is -0.300. The molecule has 1 fully saturated rings. The molecule has 0 aliphatic carbocycles. The number of cyclic esters (lactones) is 2. The highest BCUT2D eigenvalue weighted by atomic mass is 16.6. The maximum atomic E-state index is 10.8. The van der Waals surface area contributed by atoms with E-state index in [9.17, 15) is 14.4 Å². The first kappa shape index (κ1) is 8.45. The van der Waals surface area contributed by atoms with Crippen LogP contribution in [0.2, 0.25) is 0 Å². The van der Waals surface area contributed by atoms with Crippen LogP contribution in [-0.2, 0) is 19.1 Å². The Bertz CT molecular complexity index is 278. The summed E-state index contributed by atoms with van der Waals surface area (Å²) in [6.07, 6.45) is -0.218. The highest BCUT2D eigenvalue weighted by Gasteiger charge is 2.37. The zero-order valence-corrected chi connectivity index (χ0v) is 6.07. The van der Waals surface area contributed by atoms with Crippen molar-refractivity contribution in [1.29, 1.82) is 0 Å². The highest BCUT2D eigenvalue weighted by Crippen LogP contribution is 2.22. The van der Waals surface area contributed by atoms with E-state index in [0.717, 1.165) is 0 Å². The lowest BCUT2D eigenvalue weighted by Crippen LogP contribution is -2.15. The zero-order valence-electron chi connectivity index (χ0n) is 6.07. The van der Waals surface area contributed by atoms with Crippen molar-refractivity contribution in [2.45, 2.75) is 6.42 Å². The molecule has 1 atom stereocenters. The molecule has 5 heteroatoms. The standard InChI is InChI=1S/C7H6O5/c1-3(6(9)10)4-2-5(8)12-7(4)11/h4H,1-2H2,(H,9,10). The number of esters is 2. The molecule has 1 saturated heterocycles. The second-order valence-electron chi connectivity index (χ2n) is 2.38. The molecule has 0 aromatic rings. The molecular formula is C7H6O5. The van der Waals surface area contributed by atoms with Crippen molar-refractivity contribution in [3.05, 3.63) is 12.2 Å². The Morgan fingerprint density at radius 3 is 2.50 bits per heavy atom. The summed E-state index contributed by atoms with van der Waals surface area (Å²) in [6.45, 7) is 3.17. The van der Waals surface area contributed by atoms with Crippen LogP contribution >= 0.6 is 0 Å². The van der Waals surface area contributed by atoms with Gasteiger partial charge in [0.2, 0.25) is 0 Å². The number of hydrogen-bond donors (Lipinski definition) is 1. The van der Waals surface area contributed by atoms with Crippen LogP contribution in [0.1, 0.15) is 6.42 Å². The van der Waals surface area contributed by atoms with Crippen molar-refractivity contribution < 1.29 is 24.2 Å². The van der Waals surface area contributed by atoms with Crippen LogP contribution in [0.3, 0.4) is 0 Å². The third-order valence-corrected chi connectivity index (χ3v) is 1.57. The molecule has 0 spiro atoms. The average molecular weight is 170 g/mol. The molecule has 1 rings (SSSR count). The second-order valence-corrected chi connectivity index (χ2v) is 2.38. The molecule has 1 aliphatic rings. The number of carbonyl (C=O) groups is 3. The second kappa shape index (κ2) is 2.77. The lowest BCUT2D eigenvalue weighted by molar-refractivity contribution is -0.153. The number of carboxylic acids is 1. The van der Waals surface area contributed by atoms with Crippen molar-refractivity contribution in [2.24, 2.45) is 5.92 Å². The van der Waals surface area contributed by atoms with Gasteiger partial charge in [-0.25, -0.2) is 4.79 Å². The fourth-order valence-corrected chi connectivity index (χ4v) is 0.889. The first-order chi connectivity index (χ1) is 5.52. The van der Waals surface area contributed by atoms with Gasteiger partial charge in [-0.2, -0.15) is 0 Å². The summed E-state index contributed by atoms with van der Waals surface area (Å²) in [7, 11) is 0. The molecule has 12 heavy (non-hydrogen) atoms. The Morgan fingerprint density at radius 2 is 2.17 bits per heavy atom. The molecule has 0 bridgehead atoms. The van der Waals surface area contributed by atoms with Crippen LogP contribution in [0.4, 0.5) is 0 Å². The quantitative estimate of drug-likeness (QED) is 0.350. The van der Waals surface area contributed by atoms with E-state index < -0.39 is 23.8 Å². The monoisotopic (exact) mass is 170 g/mol. The van der Waals surface area contributed by atoms with Gasteiger partial charge in [0, 0.05) is 5.57 Å². The van der Waals surface area contributed by atoms with Gasteiger partial charge in [0.15, 0.2) is 0 Å². The fourth-order valence-electron chi connectivity index (χ4n) is 0.889. The number of carboxylic acid groups (broad SMARTS) is 1. The topological polar surface area (TPSA) is 80.7 Å². The summed E-state index contributed by atoms with van der Waals surface area (Å²) in [4.78, 5) is 31.6. The first-order valence-corrected chi connectivity index (χ1v) is 3.19. The van der Waals surface area contributed by atoms with Crippen LogP contribution in [0.5, 0.6) is 0 Å². The molecular weight excluding hydrogens is 164 g/mol. The number of carbonyl (C=O) groups excluding carboxylic acids is 2. The maximum Gasteiger partial charge on any atom is 0.331 e. The van der Waals surface area contributed by atoms with Crippen LogP contribution in [0.25, 0.3) is 0 Å². The van der Waals surface area contributed by atoms with Gasteiger partial charge in [-0.15, -0.1) is 0 Å². The summed E-state index contributed by atoms with van der Waals surface area (Å²) in [6, 6.07) is 0. The molecule has 64 valence electrons. The van der Waals surface area contributed by atoms with E-state index >= 15 is 0 Å². The van der Waals surface area contributed by atoms with E-state index in [1.54, 1.807) is 0 Å². The fraction of sp³-hybridized carbons (Fsp3) is 0.286.